The number of rotatable bonds is 6. The molecule has 2 aromatic carbocycles. The largest absolute Gasteiger partial charge is 0.381 e. The van der Waals surface area contributed by atoms with E-state index in [1.54, 1.807) is 0 Å². The standard InChI is InChI=1S/C18H22ClN/c1-3-4-5-15-6-10-18(11-7-15)20-13-16-8-9-17(19)12-14(16)2/h6-12,20H,3-5,13H2,1-2H3. The van der Waals surface area contributed by atoms with Gasteiger partial charge in [-0.1, -0.05) is 43.1 Å². The van der Waals surface area contributed by atoms with Gasteiger partial charge in [-0.2, -0.15) is 0 Å². The van der Waals surface area contributed by atoms with Crippen molar-refractivity contribution in [3.05, 3.63) is 64.2 Å². The average Bonchev–Trinajstić information content (AvgIpc) is 2.45. The van der Waals surface area contributed by atoms with Gasteiger partial charge in [-0.05, 0) is 60.7 Å². The third kappa shape index (κ3) is 4.28. The summed E-state index contributed by atoms with van der Waals surface area (Å²) in [6, 6.07) is 14.8. The van der Waals surface area contributed by atoms with E-state index in [-0.39, 0.29) is 0 Å². The van der Waals surface area contributed by atoms with E-state index in [9.17, 15) is 0 Å². The second-order valence-corrected chi connectivity index (χ2v) is 5.66. The summed E-state index contributed by atoms with van der Waals surface area (Å²) in [6.45, 7) is 5.15. The molecule has 0 spiro atoms. The number of hydrogen-bond acceptors (Lipinski definition) is 1. The summed E-state index contributed by atoms with van der Waals surface area (Å²) in [7, 11) is 0. The number of benzene rings is 2. The third-order valence-electron chi connectivity index (χ3n) is 3.56. The molecule has 106 valence electrons. The fourth-order valence-corrected chi connectivity index (χ4v) is 2.45. The van der Waals surface area contributed by atoms with Crippen molar-refractivity contribution in [3.63, 3.8) is 0 Å². The molecule has 0 aliphatic rings. The highest BCUT2D eigenvalue weighted by Gasteiger charge is 2.00. The van der Waals surface area contributed by atoms with Crippen molar-refractivity contribution in [1.82, 2.24) is 0 Å². The minimum absolute atomic E-state index is 0.798. The zero-order chi connectivity index (χ0) is 14.4. The first-order valence-electron chi connectivity index (χ1n) is 7.27. The van der Waals surface area contributed by atoms with Crippen molar-refractivity contribution in [2.24, 2.45) is 0 Å². The van der Waals surface area contributed by atoms with Crippen molar-refractivity contribution >= 4 is 17.3 Å². The van der Waals surface area contributed by atoms with Crippen LogP contribution in [0.1, 0.15) is 36.5 Å². The molecule has 2 rings (SSSR count). The third-order valence-corrected chi connectivity index (χ3v) is 3.80. The summed E-state index contributed by atoms with van der Waals surface area (Å²) in [5.41, 5.74) is 5.09. The van der Waals surface area contributed by atoms with E-state index in [1.807, 2.05) is 12.1 Å². The Morgan fingerprint density at radius 1 is 1.05 bits per heavy atom. The molecule has 0 fully saturated rings. The molecule has 1 nitrogen and oxygen atoms in total. The van der Waals surface area contributed by atoms with Crippen molar-refractivity contribution in [2.75, 3.05) is 5.32 Å². The van der Waals surface area contributed by atoms with Crippen LogP contribution in [0.2, 0.25) is 5.02 Å². The van der Waals surface area contributed by atoms with E-state index < -0.39 is 0 Å². The zero-order valence-electron chi connectivity index (χ0n) is 12.2. The van der Waals surface area contributed by atoms with Gasteiger partial charge in [0, 0.05) is 17.3 Å². The van der Waals surface area contributed by atoms with Crippen LogP contribution < -0.4 is 5.32 Å². The van der Waals surface area contributed by atoms with E-state index >= 15 is 0 Å². The molecule has 2 heteroatoms. The van der Waals surface area contributed by atoms with Crippen LogP contribution in [0.15, 0.2) is 42.5 Å². The highest BCUT2D eigenvalue weighted by atomic mass is 35.5. The number of hydrogen-bond donors (Lipinski definition) is 1. The van der Waals surface area contributed by atoms with Crippen LogP contribution in [0.3, 0.4) is 0 Å². The molecule has 0 aliphatic heterocycles. The van der Waals surface area contributed by atoms with E-state index in [0.717, 1.165) is 11.6 Å². The van der Waals surface area contributed by atoms with Gasteiger partial charge in [0.2, 0.25) is 0 Å². The Kier molecular flexibility index (Phi) is 5.49. The first-order chi connectivity index (χ1) is 9.69. The highest BCUT2D eigenvalue weighted by molar-refractivity contribution is 6.30. The SMILES string of the molecule is CCCCc1ccc(NCc2ccc(Cl)cc2C)cc1. The molecule has 0 bridgehead atoms. The number of nitrogens with one attached hydrogen (secondary N) is 1. The first kappa shape index (κ1) is 14.9. The molecule has 0 saturated heterocycles. The van der Waals surface area contributed by atoms with Crippen LogP contribution in [0, 0.1) is 6.92 Å². The normalized spacial score (nSPS) is 10.6. The summed E-state index contributed by atoms with van der Waals surface area (Å²) < 4.78 is 0. The molecule has 0 unspecified atom stereocenters. The predicted octanol–water partition coefficient (Wildman–Crippen LogP) is 5.60. The van der Waals surface area contributed by atoms with Gasteiger partial charge in [0.05, 0.1) is 0 Å². The van der Waals surface area contributed by atoms with Crippen molar-refractivity contribution < 1.29 is 0 Å². The van der Waals surface area contributed by atoms with Crippen LogP contribution in [-0.2, 0) is 13.0 Å². The quantitative estimate of drug-likeness (QED) is 0.729. The maximum atomic E-state index is 5.97. The molecule has 0 saturated carbocycles. The second-order valence-electron chi connectivity index (χ2n) is 5.22. The van der Waals surface area contributed by atoms with Gasteiger partial charge in [0.15, 0.2) is 0 Å². The zero-order valence-corrected chi connectivity index (χ0v) is 13.0. The Balaban J connectivity index is 1.93. The van der Waals surface area contributed by atoms with Crippen LogP contribution >= 0.6 is 11.6 Å². The summed E-state index contributed by atoms with van der Waals surface area (Å²) >= 11 is 5.97. The minimum atomic E-state index is 0.798. The molecule has 0 aromatic heterocycles. The molecule has 2 aromatic rings. The lowest BCUT2D eigenvalue weighted by atomic mass is 10.1. The van der Waals surface area contributed by atoms with Gasteiger partial charge in [-0.15, -0.1) is 0 Å². The van der Waals surface area contributed by atoms with Gasteiger partial charge in [-0.3, -0.25) is 0 Å². The molecule has 0 amide bonds. The Morgan fingerprint density at radius 3 is 2.45 bits per heavy atom. The summed E-state index contributed by atoms with van der Waals surface area (Å²) in [6.07, 6.45) is 3.68. The smallest absolute Gasteiger partial charge is 0.0408 e. The maximum absolute atomic E-state index is 5.97. The topological polar surface area (TPSA) is 12.0 Å². The number of anilines is 1. The molecule has 0 aliphatic carbocycles. The molecular formula is C18H22ClN. The number of halogens is 1. The Hall–Kier alpha value is -1.47. The van der Waals surface area contributed by atoms with E-state index in [4.69, 9.17) is 11.6 Å². The minimum Gasteiger partial charge on any atom is -0.381 e. The van der Waals surface area contributed by atoms with Crippen LogP contribution in [-0.4, -0.2) is 0 Å². The number of unbranched alkanes of at least 4 members (excludes halogenated alkanes) is 1. The number of aryl methyl sites for hydroxylation is 2. The molecular weight excluding hydrogens is 266 g/mol. The van der Waals surface area contributed by atoms with Gasteiger partial charge in [-0.25, -0.2) is 0 Å². The molecule has 0 atom stereocenters. The Bertz CT molecular complexity index is 546. The van der Waals surface area contributed by atoms with Gasteiger partial charge >= 0.3 is 0 Å². The second kappa shape index (κ2) is 7.35. The van der Waals surface area contributed by atoms with Crippen LogP contribution in [0.25, 0.3) is 0 Å². The van der Waals surface area contributed by atoms with E-state index in [1.165, 1.54) is 41.6 Å². The maximum Gasteiger partial charge on any atom is 0.0408 e. The molecule has 1 N–H and O–H groups in total. The molecule has 0 heterocycles. The lowest BCUT2D eigenvalue weighted by molar-refractivity contribution is 0.795. The van der Waals surface area contributed by atoms with Crippen molar-refractivity contribution in [2.45, 2.75) is 39.7 Å². The first-order valence-corrected chi connectivity index (χ1v) is 7.64. The van der Waals surface area contributed by atoms with Gasteiger partial charge in [0.1, 0.15) is 0 Å². The summed E-state index contributed by atoms with van der Waals surface area (Å²) in [5, 5.41) is 4.26. The lowest BCUT2D eigenvalue weighted by Gasteiger charge is -2.10. The van der Waals surface area contributed by atoms with E-state index in [0.29, 0.717) is 0 Å². The fraction of sp³-hybridized carbons (Fsp3) is 0.333. The van der Waals surface area contributed by atoms with Crippen molar-refractivity contribution in [1.29, 1.82) is 0 Å². The Labute approximate surface area is 127 Å². The lowest BCUT2D eigenvalue weighted by Crippen LogP contribution is -2.01. The molecule has 20 heavy (non-hydrogen) atoms. The summed E-state index contributed by atoms with van der Waals surface area (Å²) in [4.78, 5) is 0. The van der Waals surface area contributed by atoms with Gasteiger partial charge in [0.25, 0.3) is 0 Å². The fourth-order valence-electron chi connectivity index (χ4n) is 2.23. The van der Waals surface area contributed by atoms with Crippen LogP contribution in [0.4, 0.5) is 5.69 Å². The van der Waals surface area contributed by atoms with Gasteiger partial charge < -0.3 is 5.32 Å². The van der Waals surface area contributed by atoms with E-state index in [2.05, 4.69) is 49.5 Å². The predicted molar refractivity (Wildman–Crippen MR) is 88.6 cm³/mol. The van der Waals surface area contributed by atoms with Crippen molar-refractivity contribution in [3.8, 4) is 0 Å². The Morgan fingerprint density at radius 2 is 1.80 bits per heavy atom. The monoisotopic (exact) mass is 287 g/mol. The molecule has 0 radical (unpaired) electrons. The summed E-state index contributed by atoms with van der Waals surface area (Å²) in [5.74, 6) is 0. The average molecular weight is 288 g/mol. The van der Waals surface area contributed by atoms with Crippen LogP contribution in [0.5, 0.6) is 0 Å². The highest BCUT2D eigenvalue weighted by Crippen LogP contribution is 2.17.